The molecule has 0 saturated heterocycles. The number of amides is 1. The maximum Gasteiger partial charge on any atom is 0.433 e. The van der Waals surface area contributed by atoms with Gasteiger partial charge in [-0.3, -0.25) is 4.79 Å². The van der Waals surface area contributed by atoms with Gasteiger partial charge in [-0.15, -0.1) is 0 Å². The standard InChI is InChI=1S/C18H14F3N3O3/c1-10-9-24(26)8-7-13(10)22-17(25)12-3-5-14(27-2)16-11(12)4-6-15(23-16)18(19,20)21/h3-9H,1-2H3,(H,22,25). The fourth-order valence-corrected chi connectivity index (χ4v) is 2.63. The zero-order valence-electron chi connectivity index (χ0n) is 14.3. The zero-order chi connectivity index (χ0) is 19.8. The number of ether oxygens (including phenoxy) is 1. The molecule has 2 heterocycles. The van der Waals surface area contributed by atoms with Crippen molar-refractivity contribution in [1.82, 2.24) is 4.98 Å². The quantitative estimate of drug-likeness (QED) is 0.560. The van der Waals surface area contributed by atoms with E-state index < -0.39 is 17.8 Å². The molecule has 6 nitrogen and oxygen atoms in total. The van der Waals surface area contributed by atoms with Crippen LogP contribution in [0.15, 0.2) is 42.7 Å². The first-order chi connectivity index (χ1) is 12.7. The number of halogens is 3. The predicted molar refractivity (Wildman–Crippen MR) is 91.4 cm³/mol. The van der Waals surface area contributed by atoms with Crippen LogP contribution < -0.4 is 14.8 Å². The zero-order valence-corrected chi connectivity index (χ0v) is 14.3. The molecule has 0 aliphatic rings. The van der Waals surface area contributed by atoms with Gasteiger partial charge in [0, 0.05) is 22.6 Å². The van der Waals surface area contributed by atoms with Crippen molar-refractivity contribution in [1.29, 1.82) is 0 Å². The van der Waals surface area contributed by atoms with Crippen LogP contribution in [0.5, 0.6) is 5.75 Å². The van der Waals surface area contributed by atoms with Gasteiger partial charge in [-0.2, -0.15) is 17.9 Å². The minimum absolute atomic E-state index is 0.0674. The number of benzene rings is 1. The molecule has 9 heteroatoms. The molecular weight excluding hydrogens is 363 g/mol. The van der Waals surface area contributed by atoms with Crippen LogP contribution >= 0.6 is 0 Å². The van der Waals surface area contributed by atoms with Crippen molar-refractivity contribution in [2.45, 2.75) is 13.1 Å². The molecule has 1 aromatic carbocycles. The van der Waals surface area contributed by atoms with Gasteiger partial charge in [0.15, 0.2) is 12.4 Å². The van der Waals surface area contributed by atoms with E-state index in [4.69, 9.17) is 4.74 Å². The molecule has 0 aliphatic heterocycles. The second-order valence-electron chi connectivity index (χ2n) is 5.76. The van der Waals surface area contributed by atoms with Gasteiger partial charge in [0.25, 0.3) is 5.91 Å². The number of rotatable bonds is 3. The van der Waals surface area contributed by atoms with Gasteiger partial charge in [-0.1, -0.05) is 0 Å². The average molecular weight is 377 g/mol. The minimum Gasteiger partial charge on any atom is -0.619 e. The molecule has 2 aromatic heterocycles. The smallest absolute Gasteiger partial charge is 0.433 e. The molecule has 1 N–H and O–H groups in total. The maximum absolute atomic E-state index is 13.0. The third kappa shape index (κ3) is 3.62. The lowest BCUT2D eigenvalue weighted by molar-refractivity contribution is -0.605. The third-order valence-corrected chi connectivity index (χ3v) is 3.96. The summed E-state index contributed by atoms with van der Waals surface area (Å²) >= 11 is 0. The number of pyridine rings is 2. The van der Waals surface area contributed by atoms with E-state index in [9.17, 15) is 23.2 Å². The van der Waals surface area contributed by atoms with Crippen molar-refractivity contribution in [2.24, 2.45) is 0 Å². The highest BCUT2D eigenvalue weighted by molar-refractivity contribution is 6.13. The summed E-state index contributed by atoms with van der Waals surface area (Å²) in [6.45, 7) is 1.65. The molecule has 0 saturated carbocycles. The van der Waals surface area contributed by atoms with Gasteiger partial charge < -0.3 is 15.3 Å². The molecule has 27 heavy (non-hydrogen) atoms. The number of carbonyl (C=O) groups is 1. The van der Waals surface area contributed by atoms with Crippen molar-refractivity contribution in [3.8, 4) is 5.75 Å². The highest BCUT2D eigenvalue weighted by atomic mass is 19.4. The van der Waals surface area contributed by atoms with Gasteiger partial charge in [0.05, 0.1) is 12.8 Å². The van der Waals surface area contributed by atoms with E-state index in [1.165, 1.54) is 43.8 Å². The van der Waals surface area contributed by atoms with Gasteiger partial charge in [0.2, 0.25) is 0 Å². The summed E-state index contributed by atoms with van der Waals surface area (Å²) in [5.41, 5.74) is -0.0655. The highest BCUT2D eigenvalue weighted by Crippen LogP contribution is 2.33. The van der Waals surface area contributed by atoms with Gasteiger partial charge >= 0.3 is 6.18 Å². The van der Waals surface area contributed by atoms with E-state index in [-0.39, 0.29) is 22.2 Å². The lowest BCUT2D eigenvalue weighted by atomic mass is 10.1. The summed E-state index contributed by atoms with van der Waals surface area (Å²) in [7, 11) is 1.31. The van der Waals surface area contributed by atoms with E-state index in [0.717, 1.165) is 6.07 Å². The Morgan fingerprint density at radius 1 is 1.22 bits per heavy atom. The second kappa shape index (κ2) is 6.75. The Kier molecular flexibility index (Phi) is 4.61. The summed E-state index contributed by atoms with van der Waals surface area (Å²) < 4.78 is 44.6. The third-order valence-electron chi connectivity index (χ3n) is 3.96. The number of fused-ring (bicyclic) bond motifs is 1. The van der Waals surface area contributed by atoms with Crippen LogP contribution in [0.1, 0.15) is 21.6 Å². The van der Waals surface area contributed by atoms with Crippen molar-refractivity contribution >= 4 is 22.5 Å². The number of nitrogens with one attached hydrogen (secondary N) is 1. The Hall–Kier alpha value is -3.36. The summed E-state index contributed by atoms with van der Waals surface area (Å²) in [6, 6.07) is 6.26. The molecule has 1 amide bonds. The van der Waals surface area contributed by atoms with Crippen LogP contribution in [0.3, 0.4) is 0 Å². The highest BCUT2D eigenvalue weighted by Gasteiger charge is 2.33. The SMILES string of the molecule is COc1ccc(C(=O)Nc2cc[n+]([O-])cc2C)c2ccc(C(F)(F)F)nc12. The summed E-state index contributed by atoms with van der Waals surface area (Å²) in [4.78, 5) is 16.3. The van der Waals surface area contributed by atoms with Crippen LogP contribution in [0.2, 0.25) is 0 Å². The molecule has 0 unspecified atom stereocenters. The van der Waals surface area contributed by atoms with Crippen molar-refractivity contribution in [2.75, 3.05) is 12.4 Å². The average Bonchev–Trinajstić information content (AvgIpc) is 2.61. The van der Waals surface area contributed by atoms with Gasteiger partial charge in [-0.25, -0.2) is 4.98 Å². The fourth-order valence-electron chi connectivity index (χ4n) is 2.63. The first-order valence-electron chi connectivity index (χ1n) is 7.76. The number of hydrogen-bond acceptors (Lipinski definition) is 4. The Morgan fingerprint density at radius 3 is 2.59 bits per heavy atom. The number of carbonyl (C=O) groups excluding carboxylic acids is 1. The summed E-state index contributed by atoms with van der Waals surface area (Å²) in [5.74, 6) is -0.424. The Morgan fingerprint density at radius 2 is 1.96 bits per heavy atom. The van der Waals surface area contributed by atoms with E-state index in [0.29, 0.717) is 16.0 Å². The first-order valence-corrected chi connectivity index (χ1v) is 7.76. The van der Waals surface area contributed by atoms with Crippen LogP contribution in [-0.4, -0.2) is 18.0 Å². The molecule has 0 bridgehead atoms. The molecular formula is C18H14F3N3O3. The Balaban J connectivity index is 2.07. The van der Waals surface area contributed by atoms with Crippen molar-refractivity contribution in [3.63, 3.8) is 0 Å². The normalized spacial score (nSPS) is 11.4. The lowest BCUT2D eigenvalue weighted by Crippen LogP contribution is -2.25. The number of hydrogen-bond donors (Lipinski definition) is 1. The van der Waals surface area contributed by atoms with Crippen LogP contribution in [0, 0.1) is 12.1 Å². The van der Waals surface area contributed by atoms with Crippen LogP contribution in [-0.2, 0) is 6.18 Å². The molecule has 0 atom stereocenters. The lowest BCUT2D eigenvalue weighted by Gasteiger charge is -2.13. The first kappa shape index (κ1) is 18.4. The number of nitrogens with zero attached hydrogens (tertiary/aromatic N) is 2. The maximum atomic E-state index is 13.0. The van der Waals surface area contributed by atoms with E-state index in [1.807, 2.05) is 0 Å². The Labute approximate surface area is 151 Å². The minimum atomic E-state index is -4.62. The van der Waals surface area contributed by atoms with Gasteiger partial charge in [0.1, 0.15) is 17.0 Å². The summed E-state index contributed by atoms with van der Waals surface area (Å²) in [6.07, 6.45) is -2.10. The van der Waals surface area contributed by atoms with E-state index in [1.54, 1.807) is 6.92 Å². The second-order valence-corrected chi connectivity index (χ2v) is 5.76. The molecule has 3 rings (SSSR count). The van der Waals surface area contributed by atoms with E-state index in [2.05, 4.69) is 10.3 Å². The molecule has 0 radical (unpaired) electrons. The predicted octanol–water partition coefficient (Wildman–Crippen LogP) is 3.46. The van der Waals surface area contributed by atoms with Crippen LogP contribution in [0.25, 0.3) is 10.9 Å². The topological polar surface area (TPSA) is 78.2 Å². The number of aromatic nitrogens is 2. The number of alkyl halides is 3. The molecule has 0 fully saturated rings. The van der Waals surface area contributed by atoms with Gasteiger partial charge in [-0.05, 0) is 31.2 Å². The monoisotopic (exact) mass is 377 g/mol. The van der Waals surface area contributed by atoms with E-state index >= 15 is 0 Å². The fraction of sp³-hybridized carbons (Fsp3) is 0.167. The molecule has 140 valence electrons. The number of anilines is 1. The Bertz CT molecular complexity index is 1040. The molecule has 3 aromatic rings. The van der Waals surface area contributed by atoms with Crippen LogP contribution in [0.4, 0.5) is 18.9 Å². The van der Waals surface area contributed by atoms with Crippen molar-refractivity contribution < 1.29 is 27.4 Å². The largest absolute Gasteiger partial charge is 0.619 e. The van der Waals surface area contributed by atoms with Crippen molar-refractivity contribution in [3.05, 3.63) is 64.8 Å². The number of aryl methyl sites for hydroxylation is 1. The number of methoxy groups -OCH3 is 1. The molecule has 0 aliphatic carbocycles. The summed E-state index contributed by atoms with van der Waals surface area (Å²) in [5, 5.41) is 14.1. The molecule has 0 spiro atoms.